The Labute approximate surface area is 224 Å². The number of rotatable bonds is 12. The van der Waals surface area contributed by atoms with Crippen LogP contribution < -0.4 is 14.8 Å². The van der Waals surface area contributed by atoms with E-state index in [9.17, 15) is 18.3 Å². The first-order valence-electron chi connectivity index (χ1n) is 12.7. The molecule has 3 N–H and O–H groups in total. The van der Waals surface area contributed by atoms with Gasteiger partial charge in [-0.2, -0.15) is 0 Å². The summed E-state index contributed by atoms with van der Waals surface area (Å²) in [5.41, 5.74) is 5.54. The number of aliphatic hydroxyl groups is 1. The molecule has 0 bridgehead atoms. The van der Waals surface area contributed by atoms with Crippen molar-refractivity contribution in [3.8, 4) is 5.75 Å². The van der Waals surface area contributed by atoms with Crippen LogP contribution in [-0.2, 0) is 34.2 Å². The molecule has 3 aromatic rings. The molecule has 8 nitrogen and oxygen atoms in total. The van der Waals surface area contributed by atoms with Crippen molar-refractivity contribution in [2.45, 2.75) is 38.8 Å². The Bertz CT molecular complexity index is 1340. The van der Waals surface area contributed by atoms with Crippen LogP contribution in [0.25, 0.3) is 0 Å². The number of aryl methyl sites for hydroxylation is 1. The van der Waals surface area contributed by atoms with Crippen molar-refractivity contribution in [1.29, 1.82) is 0 Å². The minimum atomic E-state index is -3.32. The van der Waals surface area contributed by atoms with Crippen molar-refractivity contribution in [3.63, 3.8) is 0 Å². The maximum atomic E-state index is 11.8. The smallest absolute Gasteiger partial charge is 0.229 e. The number of fused-ring (bicyclic) bond motifs is 1. The molecule has 38 heavy (non-hydrogen) atoms. The lowest BCUT2D eigenvalue weighted by atomic mass is 9.98. The zero-order valence-electron chi connectivity index (χ0n) is 21.8. The van der Waals surface area contributed by atoms with Gasteiger partial charge in [-0.05, 0) is 54.7 Å². The monoisotopic (exact) mass is 537 g/mol. The lowest BCUT2D eigenvalue weighted by molar-refractivity contribution is -0.116. The third-order valence-electron chi connectivity index (χ3n) is 6.47. The number of carbonyl (C=O) groups is 1. The minimum absolute atomic E-state index is 0.00985. The van der Waals surface area contributed by atoms with Crippen LogP contribution in [0.3, 0.4) is 0 Å². The van der Waals surface area contributed by atoms with Crippen LogP contribution in [0.4, 0.5) is 11.4 Å². The summed E-state index contributed by atoms with van der Waals surface area (Å²) in [6, 6.07) is 21.3. The highest BCUT2D eigenvalue weighted by Crippen LogP contribution is 2.34. The van der Waals surface area contributed by atoms with Gasteiger partial charge in [0.2, 0.25) is 15.9 Å². The van der Waals surface area contributed by atoms with E-state index in [1.54, 1.807) is 12.1 Å². The predicted octanol–water partition coefficient (Wildman–Crippen LogP) is 3.74. The van der Waals surface area contributed by atoms with Crippen molar-refractivity contribution < 1.29 is 23.1 Å². The van der Waals surface area contributed by atoms with Gasteiger partial charge in [-0.1, -0.05) is 48.5 Å². The van der Waals surface area contributed by atoms with Crippen LogP contribution in [0.15, 0.2) is 66.7 Å². The number of carbonyl (C=O) groups excluding carboxylic acids is 1. The van der Waals surface area contributed by atoms with Gasteiger partial charge in [0.15, 0.2) is 0 Å². The Hall–Kier alpha value is -3.40. The number of nitrogens with one attached hydrogen (secondary N) is 2. The first-order valence-corrected chi connectivity index (χ1v) is 14.6. The Kier molecular flexibility index (Phi) is 9.04. The summed E-state index contributed by atoms with van der Waals surface area (Å²) in [6.07, 6.45) is 2.20. The summed E-state index contributed by atoms with van der Waals surface area (Å²) in [6.45, 7) is 3.91. The second-order valence-corrected chi connectivity index (χ2v) is 11.5. The molecule has 1 amide bonds. The molecule has 0 radical (unpaired) electrons. The summed E-state index contributed by atoms with van der Waals surface area (Å²) in [5.74, 6) is 0.706. The molecule has 1 heterocycles. The van der Waals surface area contributed by atoms with Gasteiger partial charge in [-0.15, -0.1) is 0 Å². The van der Waals surface area contributed by atoms with Crippen molar-refractivity contribution in [3.05, 3.63) is 89.0 Å². The van der Waals surface area contributed by atoms with Gasteiger partial charge in [-0.25, -0.2) is 8.42 Å². The molecule has 9 heteroatoms. The van der Waals surface area contributed by atoms with E-state index in [0.717, 1.165) is 40.6 Å². The average Bonchev–Trinajstić information content (AvgIpc) is 2.88. The molecular formula is C29H35N3O5S. The molecule has 1 atom stereocenters. The third kappa shape index (κ3) is 8.05. The molecule has 1 aliphatic rings. The van der Waals surface area contributed by atoms with Crippen LogP contribution >= 0.6 is 0 Å². The fraction of sp³-hybridized carbons (Fsp3) is 0.345. The maximum Gasteiger partial charge on any atom is 0.229 e. The standard InChI is InChI=1S/C29H35N3O5S/c1-21-8-14-27(26-13-15-28(34)30-29(21)26)37-20-25(33)19-32(18-23-6-4-3-5-7-23)17-16-22-9-11-24(12-10-22)31-38(2,35)36/h3-12,14,25,31,33H,13,15-20H2,1-2H3,(H,30,34). The lowest BCUT2D eigenvalue weighted by Gasteiger charge is -2.26. The second kappa shape index (κ2) is 12.4. The normalized spacial score (nSPS) is 14.1. The third-order valence-corrected chi connectivity index (χ3v) is 7.07. The average molecular weight is 538 g/mol. The zero-order chi connectivity index (χ0) is 27.1. The number of hydrogen-bond acceptors (Lipinski definition) is 6. The van der Waals surface area contributed by atoms with Crippen molar-refractivity contribution in [1.82, 2.24) is 4.90 Å². The molecule has 0 saturated heterocycles. The van der Waals surface area contributed by atoms with Crippen LogP contribution in [0.1, 0.15) is 28.7 Å². The Morgan fingerprint density at radius 3 is 2.47 bits per heavy atom. The van der Waals surface area contributed by atoms with Gasteiger partial charge in [0, 0.05) is 37.3 Å². The highest BCUT2D eigenvalue weighted by molar-refractivity contribution is 7.92. The summed E-state index contributed by atoms with van der Waals surface area (Å²) in [4.78, 5) is 14.0. The topological polar surface area (TPSA) is 108 Å². The molecule has 3 aromatic carbocycles. The Balaban J connectivity index is 1.38. The Morgan fingerprint density at radius 2 is 1.76 bits per heavy atom. The molecule has 4 rings (SSSR count). The van der Waals surface area contributed by atoms with Crippen molar-refractivity contribution in [2.24, 2.45) is 0 Å². The van der Waals surface area contributed by atoms with E-state index in [4.69, 9.17) is 4.74 Å². The number of aliphatic hydroxyl groups excluding tert-OH is 1. The molecule has 0 aliphatic carbocycles. The summed E-state index contributed by atoms with van der Waals surface area (Å²) >= 11 is 0. The first-order chi connectivity index (χ1) is 18.2. The van der Waals surface area contributed by atoms with Gasteiger partial charge < -0.3 is 15.2 Å². The number of hydrogen-bond donors (Lipinski definition) is 3. The predicted molar refractivity (Wildman–Crippen MR) is 150 cm³/mol. The molecule has 0 aromatic heterocycles. The number of anilines is 2. The molecule has 202 valence electrons. The van der Waals surface area contributed by atoms with E-state index in [-0.39, 0.29) is 12.5 Å². The first kappa shape index (κ1) is 27.6. The fourth-order valence-corrected chi connectivity index (χ4v) is 5.16. The summed E-state index contributed by atoms with van der Waals surface area (Å²) in [5, 5.41) is 13.8. The molecule has 0 fully saturated rings. The Morgan fingerprint density at radius 1 is 1.03 bits per heavy atom. The second-order valence-electron chi connectivity index (χ2n) is 9.79. The maximum absolute atomic E-state index is 11.8. The number of sulfonamides is 1. The van der Waals surface area contributed by atoms with Crippen LogP contribution in [0.2, 0.25) is 0 Å². The van der Waals surface area contributed by atoms with E-state index in [1.807, 2.05) is 49.4 Å². The van der Waals surface area contributed by atoms with Crippen molar-refractivity contribution >= 4 is 27.3 Å². The van der Waals surface area contributed by atoms with E-state index in [1.165, 1.54) is 0 Å². The van der Waals surface area contributed by atoms with E-state index >= 15 is 0 Å². The number of amides is 1. The van der Waals surface area contributed by atoms with Gasteiger partial charge in [0.1, 0.15) is 18.5 Å². The summed E-state index contributed by atoms with van der Waals surface area (Å²) in [7, 11) is -3.32. The van der Waals surface area contributed by atoms with Gasteiger partial charge in [-0.3, -0.25) is 14.4 Å². The minimum Gasteiger partial charge on any atom is -0.490 e. The molecule has 1 aliphatic heterocycles. The number of nitrogens with zero attached hydrogens (tertiary/aromatic N) is 1. The molecule has 0 saturated carbocycles. The fourth-order valence-electron chi connectivity index (χ4n) is 4.60. The van der Waals surface area contributed by atoms with Crippen LogP contribution in [0, 0.1) is 6.92 Å². The quantitative estimate of drug-likeness (QED) is 0.325. The van der Waals surface area contributed by atoms with Gasteiger partial charge >= 0.3 is 0 Å². The van der Waals surface area contributed by atoms with E-state index < -0.39 is 16.1 Å². The van der Waals surface area contributed by atoms with E-state index in [0.29, 0.717) is 43.9 Å². The highest BCUT2D eigenvalue weighted by atomic mass is 32.2. The van der Waals surface area contributed by atoms with Crippen LogP contribution in [-0.4, -0.2) is 56.4 Å². The number of benzene rings is 3. The van der Waals surface area contributed by atoms with Crippen molar-refractivity contribution in [2.75, 3.05) is 36.0 Å². The molecular weight excluding hydrogens is 502 g/mol. The lowest BCUT2D eigenvalue weighted by Crippen LogP contribution is -2.36. The van der Waals surface area contributed by atoms with Crippen LogP contribution in [0.5, 0.6) is 5.75 Å². The van der Waals surface area contributed by atoms with Gasteiger partial charge in [0.25, 0.3) is 0 Å². The SMILES string of the molecule is Cc1ccc(OCC(O)CN(CCc2ccc(NS(C)(=O)=O)cc2)Cc2ccccc2)c2c1NC(=O)CC2. The molecule has 0 spiro atoms. The summed E-state index contributed by atoms with van der Waals surface area (Å²) < 4.78 is 31.4. The largest absolute Gasteiger partial charge is 0.490 e. The molecule has 1 unspecified atom stereocenters. The zero-order valence-corrected chi connectivity index (χ0v) is 22.6. The van der Waals surface area contributed by atoms with Gasteiger partial charge in [0.05, 0.1) is 11.9 Å². The number of ether oxygens (including phenoxy) is 1. The highest BCUT2D eigenvalue weighted by Gasteiger charge is 2.21. The van der Waals surface area contributed by atoms with E-state index in [2.05, 4.69) is 27.1 Å².